The van der Waals surface area contributed by atoms with Gasteiger partial charge in [0.2, 0.25) is 34.2 Å². The maximum Gasteiger partial charge on any atom is 0.219 e. The predicted octanol–water partition coefficient (Wildman–Crippen LogP) is 15.7. The highest BCUT2D eigenvalue weighted by Crippen LogP contribution is 2.33. The lowest BCUT2D eigenvalue weighted by molar-refractivity contribution is -0.572. The molecule has 2 aromatic heterocycles. The fraction of sp³-hybridized carbons (Fsp3) is 0. The van der Waals surface area contributed by atoms with Crippen molar-refractivity contribution < 1.29 is 9.13 Å². The highest BCUT2D eigenvalue weighted by Gasteiger charge is 2.26. The fourth-order valence-electron chi connectivity index (χ4n) is 8.97. The van der Waals surface area contributed by atoms with Gasteiger partial charge in [0.1, 0.15) is 0 Å². The van der Waals surface area contributed by atoms with Crippen LogP contribution in [0.5, 0.6) is 0 Å². The Kier molecular flexibility index (Phi) is 12.5. The third kappa shape index (κ3) is 9.57. The second-order valence-corrected chi connectivity index (χ2v) is 17.1. The summed E-state index contributed by atoms with van der Waals surface area (Å²) >= 11 is 0. The normalized spacial score (nSPS) is 11.3. The Labute approximate surface area is 409 Å². The second-order valence-electron chi connectivity index (χ2n) is 17.1. The van der Waals surface area contributed by atoms with Crippen molar-refractivity contribution in [3.8, 4) is 78.7 Å². The molecule has 0 saturated heterocycles. The van der Waals surface area contributed by atoms with E-state index in [1.54, 1.807) is 0 Å². The van der Waals surface area contributed by atoms with Gasteiger partial charge in [-0.3, -0.25) is 9.98 Å². The molecule has 0 spiro atoms. The predicted molar refractivity (Wildman–Crippen MR) is 290 cm³/mol. The standard InChI is InChI=1S/C66H48N4/c1-7-19-51(20-8-1)57-43-63(53-23-11-3-12-24-53)69(64(44-57)54-25-13-4-14-26-54)61-39-35-59(36-40-61)67-47-49-31-33-50(34-32-49)48-68-60-37-41-62(42-38-60)70-65(55-27-15-5-16-28-55)45-58(52-21-9-2-10-22-52)46-66(70)56-29-17-6-18-30-56/h1-48H/q+2. The van der Waals surface area contributed by atoms with E-state index >= 15 is 0 Å². The average Bonchev–Trinajstić information content (AvgIpc) is 3.45. The SMILES string of the molecule is C(=Nc1ccc(-[n+]2c(-c3ccccc3)cc(-c3ccccc3)cc2-c2ccccc2)cc1)c1ccc(C=Nc2ccc(-[n+]3c(-c4ccccc4)cc(-c4ccccc4)cc3-c3ccccc3)cc2)cc1. The maximum atomic E-state index is 4.88. The molecule has 0 amide bonds. The minimum Gasteiger partial charge on any atom is -0.256 e. The van der Waals surface area contributed by atoms with Crippen LogP contribution in [-0.4, -0.2) is 12.4 Å². The summed E-state index contributed by atoms with van der Waals surface area (Å²) in [6.07, 6.45) is 3.83. The molecule has 2 heterocycles. The van der Waals surface area contributed by atoms with E-state index in [0.29, 0.717) is 0 Å². The van der Waals surface area contributed by atoms with E-state index in [1.165, 1.54) is 22.3 Å². The fourth-order valence-corrected chi connectivity index (χ4v) is 8.97. The van der Waals surface area contributed by atoms with Gasteiger partial charge in [-0.25, -0.2) is 0 Å². The Morgan fingerprint density at radius 2 is 0.471 bits per heavy atom. The zero-order chi connectivity index (χ0) is 46.9. The van der Waals surface area contributed by atoms with Crippen LogP contribution >= 0.6 is 0 Å². The minimum atomic E-state index is 0.874. The summed E-state index contributed by atoms with van der Waals surface area (Å²) in [6, 6.07) is 98.1. The highest BCUT2D eigenvalue weighted by molar-refractivity contribution is 5.86. The number of hydrogen-bond donors (Lipinski definition) is 0. The van der Waals surface area contributed by atoms with Gasteiger partial charge in [-0.05, 0) is 106 Å². The summed E-state index contributed by atoms with van der Waals surface area (Å²) < 4.78 is 4.71. The Hall–Kier alpha value is -9.38. The van der Waals surface area contributed by atoms with Gasteiger partial charge >= 0.3 is 0 Å². The number of aromatic nitrogens is 2. The molecular formula is C66H48N4+2. The molecule has 0 saturated carbocycles. The van der Waals surface area contributed by atoms with Gasteiger partial charge in [0, 0.05) is 83.2 Å². The Morgan fingerprint density at radius 3 is 0.729 bits per heavy atom. The van der Waals surface area contributed by atoms with Crippen molar-refractivity contribution >= 4 is 23.8 Å². The van der Waals surface area contributed by atoms with Crippen molar-refractivity contribution in [1.82, 2.24) is 0 Å². The van der Waals surface area contributed by atoms with Crippen LogP contribution in [0.3, 0.4) is 0 Å². The summed E-state index contributed by atoms with van der Waals surface area (Å²) in [7, 11) is 0. The van der Waals surface area contributed by atoms with Gasteiger partial charge in [-0.2, -0.15) is 9.13 Å². The van der Waals surface area contributed by atoms with Crippen LogP contribution in [0.4, 0.5) is 11.4 Å². The van der Waals surface area contributed by atoms with Crippen molar-refractivity contribution in [3.05, 3.63) is 290 Å². The van der Waals surface area contributed by atoms with Crippen LogP contribution in [0.1, 0.15) is 11.1 Å². The monoisotopic (exact) mass is 896 g/mol. The molecule has 0 unspecified atom stereocenters. The lowest BCUT2D eigenvalue weighted by Crippen LogP contribution is -2.36. The molecule has 0 aliphatic carbocycles. The molecule has 70 heavy (non-hydrogen) atoms. The van der Waals surface area contributed by atoms with Crippen LogP contribution < -0.4 is 9.13 Å². The van der Waals surface area contributed by atoms with E-state index in [-0.39, 0.29) is 0 Å². The summed E-state index contributed by atoms with van der Waals surface area (Å²) in [5, 5.41) is 0. The number of hydrogen-bond acceptors (Lipinski definition) is 2. The molecule has 0 fully saturated rings. The lowest BCUT2D eigenvalue weighted by atomic mass is 9.98. The lowest BCUT2D eigenvalue weighted by Gasteiger charge is -2.12. The summed E-state index contributed by atoms with van der Waals surface area (Å²) in [5.74, 6) is 0. The van der Waals surface area contributed by atoms with E-state index in [0.717, 1.165) is 78.9 Å². The number of pyridine rings is 2. The quantitative estimate of drug-likeness (QED) is 0.0865. The Balaban J connectivity index is 0.840. The number of aliphatic imine (C=N–C) groups is 2. The van der Waals surface area contributed by atoms with Gasteiger partial charge in [-0.15, -0.1) is 0 Å². The van der Waals surface area contributed by atoms with Gasteiger partial charge in [-0.1, -0.05) is 158 Å². The molecule has 0 aliphatic rings. The van der Waals surface area contributed by atoms with Crippen LogP contribution in [0.2, 0.25) is 0 Å². The first-order valence-corrected chi connectivity index (χ1v) is 23.6. The number of nitrogens with zero attached hydrogens (tertiary/aromatic N) is 4. The van der Waals surface area contributed by atoms with Gasteiger partial charge in [0.05, 0.1) is 11.4 Å². The van der Waals surface area contributed by atoms with Crippen molar-refractivity contribution in [1.29, 1.82) is 0 Å². The molecular weight excluding hydrogens is 849 g/mol. The molecule has 11 rings (SSSR count). The van der Waals surface area contributed by atoms with E-state index in [4.69, 9.17) is 9.98 Å². The molecule has 0 bridgehead atoms. The topological polar surface area (TPSA) is 32.5 Å². The maximum absolute atomic E-state index is 4.88. The summed E-state index contributed by atoms with van der Waals surface area (Å²) in [5.41, 5.74) is 19.6. The molecule has 0 radical (unpaired) electrons. The van der Waals surface area contributed by atoms with E-state index < -0.39 is 0 Å². The van der Waals surface area contributed by atoms with Crippen LogP contribution in [0.25, 0.3) is 78.7 Å². The van der Waals surface area contributed by atoms with Gasteiger partial charge < -0.3 is 0 Å². The largest absolute Gasteiger partial charge is 0.256 e. The molecule has 0 N–H and O–H groups in total. The minimum absolute atomic E-state index is 0.874. The highest BCUT2D eigenvalue weighted by atomic mass is 15.0. The second kappa shape index (κ2) is 20.2. The first-order valence-electron chi connectivity index (χ1n) is 23.6. The van der Waals surface area contributed by atoms with Crippen molar-refractivity contribution in [2.45, 2.75) is 0 Å². The van der Waals surface area contributed by atoms with Crippen molar-refractivity contribution in [2.75, 3.05) is 0 Å². The zero-order valence-electron chi connectivity index (χ0n) is 38.5. The molecule has 0 aliphatic heterocycles. The molecule has 0 atom stereocenters. The molecule has 330 valence electrons. The van der Waals surface area contributed by atoms with Crippen molar-refractivity contribution in [2.24, 2.45) is 9.98 Å². The third-order valence-corrected chi connectivity index (χ3v) is 12.5. The van der Waals surface area contributed by atoms with Crippen molar-refractivity contribution in [3.63, 3.8) is 0 Å². The molecule has 9 aromatic carbocycles. The summed E-state index contributed by atoms with van der Waals surface area (Å²) in [6.45, 7) is 0. The number of benzene rings is 9. The van der Waals surface area contributed by atoms with E-state index in [1.807, 2.05) is 12.4 Å². The number of rotatable bonds is 12. The van der Waals surface area contributed by atoms with E-state index in [2.05, 4.69) is 288 Å². The smallest absolute Gasteiger partial charge is 0.219 e. The van der Waals surface area contributed by atoms with Crippen LogP contribution in [0, 0.1) is 0 Å². The zero-order valence-corrected chi connectivity index (χ0v) is 38.5. The average molecular weight is 897 g/mol. The Bertz CT molecular complexity index is 3200. The molecule has 11 aromatic rings. The summed E-state index contributed by atoms with van der Waals surface area (Å²) in [4.78, 5) is 9.77. The van der Waals surface area contributed by atoms with Crippen LogP contribution in [-0.2, 0) is 0 Å². The molecule has 4 nitrogen and oxygen atoms in total. The third-order valence-electron chi connectivity index (χ3n) is 12.5. The van der Waals surface area contributed by atoms with Gasteiger partial charge in [0.15, 0.2) is 0 Å². The molecule has 4 heteroatoms. The van der Waals surface area contributed by atoms with E-state index in [9.17, 15) is 0 Å². The first kappa shape index (κ1) is 43.2. The first-order chi connectivity index (χ1) is 34.7. The van der Waals surface area contributed by atoms with Crippen LogP contribution in [0.15, 0.2) is 289 Å². The Morgan fingerprint density at radius 1 is 0.229 bits per heavy atom. The van der Waals surface area contributed by atoms with Gasteiger partial charge in [0.25, 0.3) is 0 Å².